The van der Waals surface area contributed by atoms with Crippen molar-refractivity contribution < 1.29 is 9.59 Å². The maximum Gasteiger partial charge on any atom is 0.276 e. The number of rotatable bonds is 5. The minimum Gasteiger partial charge on any atom is -0.321 e. The summed E-state index contributed by atoms with van der Waals surface area (Å²) in [6.07, 6.45) is 0. The summed E-state index contributed by atoms with van der Waals surface area (Å²) in [5.74, 6) is -0.597. The summed E-state index contributed by atoms with van der Waals surface area (Å²) >= 11 is 0. The van der Waals surface area contributed by atoms with Crippen LogP contribution in [0.4, 0.5) is 11.4 Å². The monoisotopic (exact) mass is 348 g/mol. The van der Waals surface area contributed by atoms with Gasteiger partial charge in [0.25, 0.3) is 11.8 Å². The number of anilines is 2. The maximum atomic E-state index is 12.8. The highest BCUT2D eigenvalue weighted by Crippen LogP contribution is 2.23. The standard InChI is InChI=1S/C20H20N4O2/c1-3-24-18(20(26)21-16-12-8-5-9-13-16)17(14(2)23-24)22-19(25)15-10-6-4-7-11-15/h4-13H,3H2,1-2H3,(H,21,26)(H,22,25). The number of amides is 2. The van der Waals surface area contributed by atoms with E-state index in [1.54, 1.807) is 48.0 Å². The number of benzene rings is 2. The molecule has 0 spiro atoms. The summed E-state index contributed by atoms with van der Waals surface area (Å²) in [5.41, 5.74) is 2.55. The number of para-hydroxylation sites is 1. The van der Waals surface area contributed by atoms with Gasteiger partial charge in [0.05, 0.1) is 11.4 Å². The first-order valence-corrected chi connectivity index (χ1v) is 8.40. The van der Waals surface area contributed by atoms with Gasteiger partial charge in [0, 0.05) is 17.8 Å². The quantitative estimate of drug-likeness (QED) is 0.738. The minimum absolute atomic E-state index is 0.280. The molecule has 2 aromatic carbocycles. The molecule has 2 N–H and O–H groups in total. The Hall–Kier alpha value is -3.41. The molecule has 0 aliphatic carbocycles. The molecular formula is C20H20N4O2. The summed E-state index contributed by atoms with van der Waals surface area (Å²) in [4.78, 5) is 25.3. The van der Waals surface area contributed by atoms with Crippen molar-refractivity contribution >= 4 is 23.2 Å². The topological polar surface area (TPSA) is 76.0 Å². The fourth-order valence-corrected chi connectivity index (χ4v) is 2.68. The van der Waals surface area contributed by atoms with Gasteiger partial charge in [-0.3, -0.25) is 14.3 Å². The van der Waals surface area contributed by atoms with Crippen molar-refractivity contribution in [3.05, 3.63) is 77.6 Å². The number of hydrogen-bond acceptors (Lipinski definition) is 3. The van der Waals surface area contributed by atoms with Gasteiger partial charge in [-0.15, -0.1) is 0 Å². The van der Waals surface area contributed by atoms with Crippen molar-refractivity contribution in [1.29, 1.82) is 0 Å². The van der Waals surface area contributed by atoms with E-state index in [0.717, 1.165) is 0 Å². The Balaban J connectivity index is 1.92. The molecule has 6 heteroatoms. The van der Waals surface area contributed by atoms with E-state index in [0.29, 0.717) is 34.9 Å². The number of nitrogens with zero attached hydrogens (tertiary/aromatic N) is 2. The fourth-order valence-electron chi connectivity index (χ4n) is 2.68. The molecule has 2 amide bonds. The number of nitrogens with one attached hydrogen (secondary N) is 2. The van der Waals surface area contributed by atoms with Gasteiger partial charge in [0.15, 0.2) is 0 Å². The Labute approximate surface area is 151 Å². The number of aryl methyl sites for hydroxylation is 2. The normalized spacial score (nSPS) is 10.4. The van der Waals surface area contributed by atoms with Gasteiger partial charge in [-0.2, -0.15) is 5.10 Å². The van der Waals surface area contributed by atoms with Crippen LogP contribution in [0.5, 0.6) is 0 Å². The van der Waals surface area contributed by atoms with Gasteiger partial charge in [0.1, 0.15) is 5.69 Å². The fraction of sp³-hybridized carbons (Fsp3) is 0.150. The van der Waals surface area contributed by atoms with Crippen LogP contribution < -0.4 is 10.6 Å². The van der Waals surface area contributed by atoms with Gasteiger partial charge >= 0.3 is 0 Å². The molecule has 1 heterocycles. The summed E-state index contributed by atoms with van der Waals surface area (Å²) in [6, 6.07) is 18.0. The van der Waals surface area contributed by atoms with Gasteiger partial charge in [-0.1, -0.05) is 36.4 Å². The number of carbonyl (C=O) groups excluding carboxylic acids is 2. The number of carbonyl (C=O) groups is 2. The Morgan fingerprint density at radius 3 is 2.15 bits per heavy atom. The summed E-state index contributed by atoms with van der Waals surface area (Å²) in [6.45, 7) is 4.18. The molecule has 3 rings (SSSR count). The Bertz CT molecular complexity index is 918. The number of aromatic nitrogens is 2. The van der Waals surface area contributed by atoms with E-state index in [1.165, 1.54) is 0 Å². The molecule has 0 fully saturated rings. The van der Waals surface area contributed by atoms with E-state index >= 15 is 0 Å². The van der Waals surface area contributed by atoms with Crippen molar-refractivity contribution in [2.24, 2.45) is 0 Å². The molecule has 0 aliphatic rings. The summed E-state index contributed by atoms with van der Waals surface area (Å²) in [7, 11) is 0. The molecule has 132 valence electrons. The molecule has 0 bridgehead atoms. The number of hydrogen-bond donors (Lipinski definition) is 2. The molecule has 1 aromatic heterocycles. The first-order chi connectivity index (χ1) is 12.6. The molecule has 26 heavy (non-hydrogen) atoms. The second-order valence-electron chi connectivity index (χ2n) is 5.77. The van der Waals surface area contributed by atoms with Crippen LogP contribution in [0.25, 0.3) is 0 Å². The average molecular weight is 348 g/mol. The third-order valence-corrected chi connectivity index (χ3v) is 3.95. The predicted octanol–water partition coefficient (Wildman–Crippen LogP) is 3.72. The van der Waals surface area contributed by atoms with E-state index in [9.17, 15) is 9.59 Å². The van der Waals surface area contributed by atoms with Crippen molar-refractivity contribution in [3.8, 4) is 0 Å². The molecule has 0 atom stereocenters. The molecule has 0 saturated heterocycles. The van der Waals surface area contributed by atoms with E-state index in [-0.39, 0.29) is 11.8 Å². The van der Waals surface area contributed by atoms with E-state index in [2.05, 4.69) is 15.7 Å². The molecule has 0 radical (unpaired) electrons. The highest BCUT2D eigenvalue weighted by molar-refractivity contribution is 6.12. The van der Waals surface area contributed by atoms with E-state index < -0.39 is 0 Å². The SMILES string of the molecule is CCn1nc(C)c(NC(=O)c2ccccc2)c1C(=O)Nc1ccccc1. The third kappa shape index (κ3) is 3.64. The lowest BCUT2D eigenvalue weighted by molar-refractivity contribution is 0.101. The van der Waals surface area contributed by atoms with E-state index in [4.69, 9.17) is 0 Å². The van der Waals surface area contributed by atoms with Gasteiger partial charge < -0.3 is 10.6 Å². The second-order valence-corrected chi connectivity index (χ2v) is 5.77. The molecular weight excluding hydrogens is 328 g/mol. The van der Waals surface area contributed by atoms with Crippen molar-refractivity contribution in [3.63, 3.8) is 0 Å². The van der Waals surface area contributed by atoms with Crippen molar-refractivity contribution in [2.45, 2.75) is 20.4 Å². The smallest absolute Gasteiger partial charge is 0.276 e. The van der Waals surface area contributed by atoms with Crippen LogP contribution in [0.2, 0.25) is 0 Å². The zero-order chi connectivity index (χ0) is 18.5. The van der Waals surface area contributed by atoms with Crippen LogP contribution in [0, 0.1) is 6.92 Å². The van der Waals surface area contributed by atoms with Gasteiger partial charge in [-0.25, -0.2) is 0 Å². The van der Waals surface area contributed by atoms with Gasteiger partial charge in [0.2, 0.25) is 0 Å². The van der Waals surface area contributed by atoms with Gasteiger partial charge in [-0.05, 0) is 38.1 Å². The minimum atomic E-state index is -0.318. The van der Waals surface area contributed by atoms with Crippen LogP contribution >= 0.6 is 0 Å². The molecule has 0 unspecified atom stereocenters. The first kappa shape index (κ1) is 17.4. The van der Waals surface area contributed by atoms with Crippen LogP contribution in [0.3, 0.4) is 0 Å². The van der Waals surface area contributed by atoms with Crippen molar-refractivity contribution in [2.75, 3.05) is 10.6 Å². The van der Waals surface area contributed by atoms with Crippen LogP contribution in [-0.2, 0) is 6.54 Å². The largest absolute Gasteiger partial charge is 0.321 e. The average Bonchev–Trinajstić information content (AvgIpc) is 2.99. The molecule has 6 nitrogen and oxygen atoms in total. The predicted molar refractivity (Wildman–Crippen MR) is 101 cm³/mol. The Kier molecular flexibility index (Phi) is 5.12. The highest BCUT2D eigenvalue weighted by Gasteiger charge is 2.23. The third-order valence-electron chi connectivity index (χ3n) is 3.95. The maximum absolute atomic E-state index is 12.8. The Morgan fingerprint density at radius 2 is 1.54 bits per heavy atom. The zero-order valence-corrected chi connectivity index (χ0v) is 14.7. The summed E-state index contributed by atoms with van der Waals surface area (Å²) in [5, 5.41) is 10.1. The van der Waals surface area contributed by atoms with E-state index in [1.807, 2.05) is 31.2 Å². The molecule has 0 aliphatic heterocycles. The Morgan fingerprint density at radius 1 is 0.923 bits per heavy atom. The lowest BCUT2D eigenvalue weighted by atomic mass is 10.2. The lowest BCUT2D eigenvalue weighted by Gasteiger charge is -2.10. The highest BCUT2D eigenvalue weighted by atomic mass is 16.2. The van der Waals surface area contributed by atoms with Crippen LogP contribution in [-0.4, -0.2) is 21.6 Å². The second kappa shape index (κ2) is 7.65. The first-order valence-electron chi connectivity index (χ1n) is 8.40. The molecule has 3 aromatic rings. The summed E-state index contributed by atoms with van der Waals surface area (Å²) < 4.78 is 1.59. The van der Waals surface area contributed by atoms with Crippen LogP contribution in [0.1, 0.15) is 33.5 Å². The van der Waals surface area contributed by atoms with Crippen LogP contribution in [0.15, 0.2) is 60.7 Å². The molecule has 0 saturated carbocycles. The zero-order valence-electron chi connectivity index (χ0n) is 14.7. The van der Waals surface area contributed by atoms with Crippen molar-refractivity contribution in [1.82, 2.24) is 9.78 Å². The lowest BCUT2D eigenvalue weighted by Crippen LogP contribution is -2.21.